The summed E-state index contributed by atoms with van der Waals surface area (Å²) in [4.78, 5) is 5.06. The lowest BCUT2D eigenvalue weighted by Gasteiger charge is -2.31. The van der Waals surface area contributed by atoms with Crippen molar-refractivity contribution in [3.63, 3.8) is 0 Å². The molecule has 0 bridgehead atoms. The molecule has 7 aromatic carbocycles. The van der Waals surface area contributed by atoms with Gasteiger partial charge >= 0.3 is 0 Å². The molecule has 1 heterocycles. The number of rotatable bonds is 5. The van der Waals surface area contributed by atoms with Gasteiger partial charge in [-0.2, -0.15) is 0 Å². The predicted octanol–water partition coefficient (Wildman–Crippen LogP) is 10.4. The zero-order valence-corrected chi connectivity index (χ0v) is 28.1. The summed E-state index contributed by atoms with van der Waals surface area (Å²) in [6.07, 6.45) is 7.89. The number of imidazole rings is 1. The Labute approximate surface area is 297 Å². The number of allylic oxidation sites excluding steroid dienone is 4. The van der Waals surface area contributed by atoms with Gasteiger partial charge in [-0.15, -0.1) is 0 Å². The van der Waals surface area contributed by atoms with E-state index in [4.69, 9.17) is 4.98 Å². The van der Waals surface area contributed by atoms with Crippen molar-refractivity contribution in [1.29, 1.82) is 0 Å². The fraction of sp³-hybridized carbons (Fsp3) is 0.0408. The Bertz CT molecular complexity index is 2800. The molecule has 240 valence electrons. The fourth-order valence-corrected chi connectivity index (χ4v) is 8.18. The molecule has 0 spiro atoms. The fourth-order valence-electron chi connectivity index (χ4n) is 8.18. The average molecular weight is 651 g/mol. The van der Waals surface area contributed by atoms with E-state index in [0.717, 1.165) is 34.5 Å². The molecule has 0 saturated carbocycles. The smallest absolute Gasteiger partial charge is 0.145 e. The van der Waals surface area contributed by atoms with Crippen molar-refractivity contribution in [1.82, 2.24) is 9.55 Å². The van der Waals surface area contributed by atoms with Crippen LogP contribution in [0.25, 0.3) is 61.2 Å². The Morgan fingerprint density at radius 3 is 2.02 bits per heavy atom. The number of fused-ring (bicyclic) bond motifs is 4. The molecule has 51 heavy (non-hydrogen) atoms. The zero-order chi connectivity index (χ0) is 33.7. The van der Waals surface area contributed by atoms with E-state index in [9.17, 15) is 0 Å². The van der Waals surface area contributed by atoms with E-state index in [1.807, 2.05) is 0 Å². The molecule has 2 heteroatoms. The third kappa shape index (κ3) is 4.99. The summed E-state index contributed by atoms with van der Waals surface area (Å²) in [5.41, 5.74) is 13.4. The molecule has 0 radical (unpaired) electrons. The average Bonchev–Trinajstić information content (AvgIpc) is 3.60. The second kappa shape index (κ2) is 12.1. The van der Waals surface area contributed by atoms with E-state index in [0.29, 0.717) is 0 Å². The number of benzene rings is 7. The van der Waals surface area contributed by atoms with Gasteiger partial charge < -0.3 is 0 Å². The molecule has 2 aliphatic rings. The highest BCUT2D eigenvalue weighted by molar-refractivity contribution is 5.93. The van der Waals surface area contributed by atoms with Crippen LogP contribution in [0, 0.1) is 5.92 Å². The third-order valence-electron chi connectivity index (χ3n) is 10.5. The van der Waals surface area contributed by atoms with Crippen molar-refractivity contribution >= 4 is 33.0 Å². The Kier molecular flexibility index (Phi) is 6.99. The molecule has 2 nitrogen and oxygen atoms in total. The second-order valence-electron chi connectivity index (χ2n) is 13.5. The number of hydrogen-bond acceptors (Lipinski definition) is 1. The lowest BCUT2D eigenvalue weighted by molar-refractivity contribution is 0.798. The Morgan fingerprint density at radius 1 is 0.510 bits per heavy atom. The Morgan fingerprint density at radius 2 is 1.20 bits per heavy atom. The second-order valence-corrected chi connectivity index (χ2v) is 13.5. The normalized spacial score (nSPS) is 15.1. The zero-order valence-electron chi connectivity index (χ0n) is 28.1. The van der Waals surface area contributed by atoms with Crippen LogP contribution in [-0.4, -0.2) is 9.55 Å². The third-order valence-corrected chi connectivity index (χ3v) is 10.5. The highest BCUT2D eigenvalue weighted by Crippen LogP contribution is 2.41. The largest absolute Gasteiger partial charge is 0.292 e. The van der Waals surface area contributed by atoms with Gasteiger partial charge in [0.05, 0.1) is 11.0 Å². The van der Waals surface area contributed by atoms with Crippen molar-refractivity contribution in [2.75, 3.05) is 0 Å². The van der Waals surface area contributed by atoms with E-state index in [2.05, 4.69) is 193 Å². The van der Waals surface area contributed by atoms with E-state index in [-0.39, 0.29) is 5.92 Å². The maximum Gasteiger partial charge on any atom is 0.145 e. The Hall–Kier alpha value is -6.51. The highest BCUT2D eigenvalue weighted by Gasteiger charge is 2.29. The van der Waals surface area contributed by atoms with Gasteiger partial charge in [-0.05, 0) is 103 Å². The highest BCUT2D eigenvalue weighted by atomic mass is 15.1. The van der Waals surface area contributed by atoms with Crippen molar-refractivity contribution in [3.05, 3.63) is 215 Å². The monoisotopic (exact) mass is 650 g/mol. The van der Waals surface area contributed by atoms with Crippen LogP contribution in [0.5, 0.6) is 0 Å². The standard InChI is InChI=1S/C49H34N2/c1-3-14-35(15-4-1)47-41-19-9-10-20-42(41)48(39-24-23-33-13-7-8-18-37(33)31-39)43-30-27-38(32-44(43)47)34-25-28-40(29-26-34)51-46-22-12-11-21-45(46)50-49(51)36-16-5-2-6-17-36/h1-18,20-32,41H,19H2. The summed E-state index contributed by atoms with van der Waals surface area (Å²) in [6, 6.07) is 61.5. The summed E-state index contributed by atoms with van der Waals surface area (Å²) >= 11 is 0. The lowest BCUT2D eigenvalue weighted by Crippen LogP contribution is -2.38. The van der Waals surface area contributed by atoms with Gasteiger partial charge in [0.2, 0.25) is 0 Å². The van der Waals surface area contributed by atoms with Crippen LogP contribution < -0.4 is 10.4 Å². The van der Waals surface area contributed by atoms with Crippen LogP contribution in [0.4, 0.5) is 0 Å². The maximum absolute atomic E-state index is 5.06. The number of aromatic nitrogens is 2. The SMILES string of the molecule is C1=CCC2C(=C1)C(c1ccc3ccccc3c1)=c1ccc(-c3ccc(-n4c(-c5ccccc5)nc5ccccc54)cc3)cc1=C2c1ccccc1. The van der Waals surface area contributed by atoms with E-state index in [1.54, 1.807) is 0 Å². The molecular formula is C49H34N2. The van der Waals surface area contributed by atoms with Crippen LogP contribution in [0.2, 0.25) is 0 Å². The van der Waals surface area contributed by atoms with Gasteiger partial charge in [0.1, 0.15) is 5.82 Å². The van der Waals surface area contributed by atoms with Gasteiger partial charge in [0.25, 0.3) is 0 Å². The molecule has 0 fully saturated rings. The molecule has 0 saturated heterocycles. The quantitative estimate of drug-likeness (QED) is 0.181. The van der Waals surface area contributed by atoms with Crippen molar-refractivity contribution in [2.45, 2.75) is 6.42 Å². The number of para-hydroxylation sites is 2. The molecule has 1 unspecified atom stereocenters. The molecule has 1 aromatic heterocycles. The van der Waals surface area contributed by atoms with Gasteiger partial charge in [-0.1, -0.05) is 152 Å². The molecule has 1 atom stereocenters. The van der Waals surface area contributed by atoms with Crippen molar-refractivity contribution in [2.24, 2.45) is 5.92 Å². The van der Waals surface area contributed by atoms with Gasteiger partial charge in [0, 0.05) is 17.2 Å². The maximum atomic E-state index is 5.06. The van der Waals surface area contributed by atoms with Crippen LogP contribution in [0.3, 0.4) is 0 Å². The first-order valence-corrected chi connectivity index (χ1v) is 17.7. The predicted molar refractivity (Wildman–Crippen MR) is 212 cm³/mol. The molecule has 0 N–H and O–H groups in total. The van der Waals surface area contributed by atoms with Gasteiger partial charge in [0.15, 0.2) is 0 Å². The minimum absolute atomic E-state index is 0.273. The molecular weight excluding hydrogens is 617 g/mol. The van der Waals surface area contributed by atoms with Crippen LogP contribution in [0.15, 0.2) is 194 Å². The molecule has 0 amide bonds. The molecule has 8 aromatic rings. The number of hydrogen-bond donors (Lipinski definition) is 0. The van der Waals surface area contributed by atoms with Gasteiger partial charge in [-0.25, -0.2) is 4.98 Å². The minimum atomic E-state index is 0.273. The summed E-state index contributed by atoms with van der Waals surface area (Å²) in [7, 11) is 0. The molecule has 0 aliphatic heterocycles. The molecule has 10 rings (SSSR count). The Balaban J connectivity index is 1.17. The summed E-state index contributed by atoms with van der Waals surface area (Å²) in [5.74, 6) is 1.22. The first-order chi connectivity index (χ1) is 25.3. The topological polar surface area (TPSA) is 17.8 Å². The van der Waals surface area contributed by atoms with E-state index < -0.39 is 0 Å². The van der Waals surface area contributed by atoms with Crippen LogP contribution >= 0.6 is 0 Å². The summed E-state index contributed by atoms with van der Waals surface area (Å²) in [5, 5.41) is 5.14. The number of nitrogens with zero attached hydrogens (tertiary/aromatic N) is 2. The van der Waals surface area contributed by atoms with E-state index >= 15 is 0 Å². The minimum Gasteiger partial charge on any atom is -0.292 e. The first kappa shape index (κ1) is 29.4. The first-order valence-electron chi connectivity index (χ1n) is 17.7. The van der Waals surface area contributed by atoms with E-state index in [1.165, 1.54) is 60.2 Å². The summed E-state index contributed by atoms with van der Waals surface area (Å²) in [6.45, 7) is 0. The lowest BCUT2D eigenvalue weighted by atomic mass is 9.72. The van der Waals surface area contributed by atoms with Crippen LogP contribution in [0.1, 0.15) is 17.5 Å². The summed E-state index contributed by atoms with van der Waals surface area (Å²) < 4.78 is 2.28. The van der Waals surface area contributed by atoms with Crippen molar-refractivity contribution in [3.8, 4) is 28.2 Å². The van der Waals surface area contributed by atoms with Crippen molar-refractivity contribution < 1.29 is 0 Å². The van der Waals surface area contributed by atoms with Crippen LogP contribution in [-0.2, 0) is 0 Å². The van der Waals surface area contributed by atoms with Gasteiger partial charge in [-0.3, -0.25) is 4.57 Å². The molecule has 2 aliphatic carbocycles.